The highest BCUT2D eigenvalue weighted by Crippen LogP contribution is 2.39. The molecular weight excluding hydrogens is 306 g/mol. The Labute approximate surface area is 152 Å². The highest BCUT2D eigenvalue weighted by atomic mass is 16.3. The van der Waals surface area contributed by atoms with E-state index in [1.807, 2.05) is 0 Å². The molecule has 2 unspecified atom stereocenters. The number of likely N-dealkylation sites (tertiary alicyclic amines) is 1. The highest BCUT2D eigenvalue weighted by Gasteiger charge is 2.39. The lowest BCUT2D eigenvalue weighted by Gasteiger charge is -2.31. The van der Waals surface area contributed by atoms with E-state index in [4.69, 9.17) is 0 Å². The molecule has 0 bridgehead atoms. The monoisotopic (exact) mass is 337 g/mol. The molecule has 1 saturated heterocycles. The lowest BCUT2D eigenvalue weighted by atomic mass is 9.81. The van der Waals surface area contributed by atoms with Gasteiger partial charge in [0.1, 0.15) is 0 Å². The molecule has 2 aromatic carbocycles. The van der Waals surface area contributed by atoms with Crippen molar-refractivity contribution in [2.75, 3.05) is 19.7 Å². The zero-order valence-corrected chi connectivity index (χ0v) is 16.0. The van der Waals surface area contributed by atoms with Crippen LogP contribution in [0.1, 0.15) is 47.2 Å². The van der Waals surface area contributed by atoms with Crippen LogP contribution in [-0.4, -0.2) is 29.7 Å². The number of hydrogen-bond donors (Lipinski definition) is 1. The molecule has 1 aliphatic rings. The van der Waals surface area contributed by atoms with Crippen LogP contribution >= 0.6 is 0 Å². The zero-order chi connectivity index (χ0) is 18.0. The Balaban J connectivity index is 1.79. The largest absolute Gasteiger partial charge is 0.396 e. The molecule has 0 aliphatic carbocycles. The molecule has 0 aromatic heterocycles. The van der Waals surface area contributed by atoms with E-state index in [-0.39, 0.29) is 12.0 Å². The maximum Gasteiger partial charge on any atom is 0.0503 e. The van der Waals surface area contributed by atoms with Gasteiger partial charge < -0.3 is 5.11 Å². The first kappa shape index (κ1) is 18.2. The summed E-state index contributed by atoms with van der Waals surface area (Å²) >= 11 is 0. The molecule has 1 heterocycles. The smallest absolute Gasteiger partial charge is 0.0503 e. The summed E-state index contributed by atoms with van der Waals surface area (Å²) in [7, 11) is 0. The fourth-order valence-corrected chi connectivity index (χ4v) is 4.69. The first-order valence-corrected chi connectivity index (χ1v) is 9.41. The maximum absolute atomic E-state index is 10.2. The molecule has 2 aromatic rings. The SMILES string of the molecule is Cc1cc(C)c(C(C)N2CCC(CO)(Cc3ccccc3)C2)c(C)c1. The van der Waals surface area contributed by atoms with Crippen LogP contribution in [0, 0.1) is 26.2 Å². The Hall–Kier alpha value is -1.64. The van der Waals surface area contributed by atoms with Crippen molar-refractivity contribution in [3.8, 4) is 0 Å². The van der Waals surface area contributed by atoms with E-state index in [9.17, 15) is 5.11 Å². The molecule has 0 spiro atoms. The Morgan fingerprint density at radius 1 is 1.08 bits per heavy atom. The van der Waals surface area contributed by atoms with Crippen molar-refractivity contribution in [2.45, 2.75) is 46.6 Å². The van der Waals surface area contributed by atoms with Crippen molar-refractivity contribution in [3.05, 3.63) is 70.3 Å². The summed E-state index contributed by atoms with van der Waals surface area (Å²) in [6.07, 6.45) is 2.02. The summed E-state index contributed by atoms with van der Waals surface area (Å²) in [6, 6.07) is 15.6. The van der Waals surface area contributed by atoms with Crippen LogP contribution in [0.3, 0.4) is 0 Å². The van der Waals surface area contributed by atoms with Crippen LogP contribution in [-0.2, 0) is 6.42 Å². The van der Waals surface area contributed by atoms with Crippen molar-refractivity contribution >= 4 is 0 Å². The average Bonchev–Trinajstić information content (AvgIpc) is 2.99. The number of rotatable bonds is 5. The third kappa shape index (κ3) is 3.80. The second-order valence-corrected chi connectivity index (χ2v) is 8.03. The summed E-state index contributed by atoms with van der Waals surface area (Å²) in [5.74, 6) is 0. The number of aryl methyl sites for hydroxylation is 3. The molecule has 1 N–H and O–H groups in total. The lowest BCUT2D eigenvalue weighted by Crippen LogP contribution is -2.34. The fourth-order valence-electron chi connectivity index (χ4n) is 4.69. The molecule has 2 atom stereocenters. The highest BCUT2D eigenvalue weighted by molar-refractivity contribution is 5.39. The lowest BCUT2D eigenvalue weighted by molar-refractivity contribution is 0.120. The molecule has 0 amide bonds. The summed E-state index contributed by atoms with van der Waals surface area (Å²) in [5.41, 5.74) is 6.88. The average molecular weight is 338 g/mol. The second-order valence-electron chi connectivity index (χ2n) is 8.03. The van der Waals surface area contributed by atoms with E-state index >= 15 is 0 Å². The van der Waals surface area contributed by atoms with Crippen molar-refractivity contribution in [2.24, 2.45) is 5.41 Å². The Morgan fingerprint density at radius 3 is 2.32 bits per heavy atom. The number of aliphatic hydroxyl groups is 1. The molecule has 3 rings (SSSR count). The zero-order valence-electron chi connectivity index (χ0n) is 16.0. The van der Waals surface area contributed by atoms with E-state index in [1.165, 1.54) is 27.8 Å². The maximum atomic E-state index is 10.2. The van der Waals surface area contributed by atoms with Gasteiger partial charge in [-0.3, -0.25) is 4.90 Å². The van der Waals surface area contributed by atoms with Gasteiger partial charge >= 0.3 is 0 Å². The normalized spacial score (nSPS) is 22.3. The van der Waals surface area contributed by atoms with E-state index in [0.717, 1.165) is 25.9 Å². The van der Waals surface area contributed by atoms with Crippen molar-refractivity contribution < 1.29 is 5.11 Å². The Bertz CT molecular complexity index is 701. The molecular formula is C23H31NO. The summed E-state index contributed by atoms with van der Waals surface area (Å²) in [4.78, 5) is 2.56. The van der Waals surface area contributed by atoms with Gasteiger partial charge in [0.2, 0.25) is 0 Å². The van der Waals surface area contributed by atoms with Crippen LogP contribution in [0.25, 0.3) is 0 Å². The number of hydrogen-bond acceptors (Lipinski definition) is 2. The number of benzene rings is 2. The number of nitrogens with zero attached hydrogens (tertiary/aromatic N) is 1. The number of aliphatic hydroxyl groups excluding tert-OH is 1. The summed E-state index contributed by atoms with van der Waals surface area (Å²) < 4.78 is 0. The van der Waals surface area contributed by atoms with Gasteiger partial charge in [-0.15, -0.1) is 0 Å². The topological polar surface area (TPSA) is 23.5 Å². The summed E-state index contributed by atoms with van der Waals surface area (Å²) in [6.45, 7) is 11.2. The van der Waals surface area contributed by atoms with Gasteiger partial charge in [-0.05, 0) is 69.3 Å². The molecule has 134 valence electrons. The molecule has 25 heavy (non-hydrogen) atoms. The Morgan fingerprint density at radius 2 is 1.72 bits per heavy atom. The van der Waals surface area contributed by atoms with Crippen LogP contribution in [0.15, 0.2) is 42.5 Å². The molecule has 0 saturated carbocycles. The molecule has 1 aliphatic heterocycles. The third-order valence-electron chi connectivity index (χ3n) is 5.93. The van der Waals surface area contributed by atoms with Crippen molar-refractivity contribution in [1.82, 2.24) is 4.90 Å². The second kappa shape index (κ2) is 7.31. The minimum absolute atomic E-state index is 0.0118. The third-order valence-corrected chi connectivity index (χ3v) is 5.93. The fraction of sp³-hybridized carbons (Fsp3) is 0.478. The molecule has 0 radical (unpaired) electrons. The van der Waals surface area contributed by atoms with E-state index in [2.05, 4.69) is 75.1 Å². The van der Waals surface area contributed by atoms with Crippen LogP contribution in [0.2, 0.25) is 0 Å². The Kier molecular flexibility index (Phi) is 5.31. The molecule has 2 heteroatoms. The van der Waals surface area contributed by atoms with Gasteiger partial charge in [0, 0.05) is 18.0 Å². The van der Waals surface area contributed by atoms with Crippen LogP contribution < -0.4 is 0 Å². The van der Waals surface area contributed by atoms with Crippen LogP contribution in [0.5, 0.6) is 0 Å². The first-order valence-electron chi connectivity index (χ1n) is 9.41. The van der Waals surface area contributed by atoms with E-state index in [0.29, 0.717) is 6.04 Å². The predicted octanol–water partition coefficient (Wildman–Crippen LogP) is 4.60. The standard InChI is InChI=1S/C23H31NO/c1-17-12-18(2)22(19(3)13-17)20(4)24-11-10-23(15-24,16-25)14-21-8-6-5-7-9-21/h5-9,12-13,20,25H,10-11,14-16H2,1-4H3. The van der Waals surface area contributed by atoms with Gasteiger partial charge in [0.15, 0.2) is 0 Å². The van der Waals surface area contributed by atoms with Gasteiger partial charge in [-0.2, -0.15) is 0 Å². The van der Waals surface area contributed by atoms with Gasteiger partial charge in [-0.1, -0.05) is 48.0 Å². The summed E-state index contributed by atoms with van der Waals surface area (Å²) in [5, 5.41) is 10.2. The quantitative estimate of drug-likeness (QED) is 0.862. The van der Waals surface area contributed by atoms with E-state index < -0.39 is 0 Å². The van der Waals surface area contributed by atoms with E-state index in [1.54, 1.807) is 0 Å². The van der Waals surface area contributed by atoms with Crippen LogP contribution in [0.4, 0.5) is 0 Å². The minimum Gasteiger partial charge on any atom is -0.396 e. The van der Waals surface area contributed by atoms with Crippen molar-refractivity contribution in [3.63, 3.8) is 0 Å². The van der Waals surface area contributed by atoms with Gasteiger partial charge in [0.25, 0.3) is 0 Å². The molecule has 2 nitrogen and oxygen atoms in total. The van der Waals surface area contributed by atoms with Gasteiger partial charge in [-0.25, -0.2) is 0 Å². The minimum atomic E-state index is -0.0118. The first-order chi connectivity index (χ1) is 11.9. The molecule has 1 fully saturated rings. The van der Waals surface area contributed by atoms with Crippen molar-refractivity contribution in [1.29, 1.82) is 0 Å². The predicted molar refractivity (Wildman–Crippen MR) is 105 cm³/mol. The van der Waals surface area contributed by atoms with Gasteiger partial charge in [0.05, 0.1) is 6.61 Å².